The van der Waals surface area contributed by atoms with Gasteiger partial charge in [-0.25, -0.2) is 9.98 Å². The number of nitrogens with one attached hydrogen (secondary N) is 1. The van der Waals surface area contributed by atoms with E-state index in [1.54, 1.807) is 0 Å². The van der Waals surface area contributed by atoms with Crippen LogP contribution in [0.4, 0.5) is 5.82 Å². The van der Waals surface area contributed by atoms with Crippen LogP contribution in [-0.2, 0) is 20.1 Å². The Morgan fingerprint density at radius 3 is 2.64 bits per heavy atom. The fraction of sp³-hybridized carbons (Fsp3) is 0.500. The van der Waals surface area contributed by atoms with E-state index >= 15 is 0 Å². The minimum atomic E-state index is 0. The van der Waals surface area contributed by atoms with E-state index in [0.29, 0.717) is 6.54 Å². The van der Waals surface area contributed by atoms with E-state index in [1.807, 2.05) is 37.1 Å². The zero-order valence-corrected chi connectivity index (χ0v) is 19.9. The number of pyridine rings is 1. The average molecular weight is 517 g/mol. The molecule has 0 unspecified atom stereocenters. The lowest BCUT2D eigenvalue weighted by Gasteiger charge is -2.22. The number of halogens is 2. The second-order valence-corrected chi connectivity index (χ2v) is 7.44. The molecule has 0 saturated carbocycles. The molecule has 0 radical (unpaired) electrons. The van der Waals surface area contributed by atoms with Crippen molar-refractivity contribution >= 4 is 47.4 Å². The summed E-state index contributed by atoms with van der Waals surface area (Å²) in [5.74, 6) is 1.95. The Kier molecular flexibility index (Phi) is 8.88. The number of hydrogen-bond donors (Lipinski definition) is 1. The topological polar surface area (TPSA) is 48.7 Å². The number of hydrogen-bond acceptors (Lipinski definition) is 3. The first kappa shape index (κ1) is 22.8. The molecule has 8 heteroatoms. The molecule has 0 aliphatic carbocycles. The Bertz CT molecular complexity index is 768. The number of aromatic nitrogens is 2. The van der Waals surface area contributed by atoms with E-state index < -0.39 is 0 Å². The van der Waals surface area contributed by atoms with E-state index in [1.165, 1.54) is 12.8 Å². The van der Waals surface area contributed by atoms with Crippen molar-refractivity contribution in [3.8, 4) is 0 Å². The number of aliphatic imine (C=N–C) groups is 1. The van der Waals surface area contributed by atoms with Crippen molar-refractivity contribution in [3.05, 3.63) is 46.9 Å². The van der Waals surface area contributed by atoms with Gasteiger partial charge in [0.2, 0.25) is 0 Å². The van der Waals surface area contributed by atoms with Gasteiger partial charge in [-0.3, -0.25) is 0 Å². The summed E-state index contributed by atoms with van der Waals surface area (Å²) in [5.41, 5.74) is 2.26. The molecule has 2 aromatic rings. The Morgan fingerprint density at radius 2 is 2.07 bits per heavy atom. The smallest absolute Gasteiger partial charge is 0.194 e. The van der Waals surface area contributed by atoms with Gasteiger partial charge in [0.05, 0.1) is 18.1 Å². The molecule has 154 valence electrons. The van der Waals surface area contributed by atoms with Gasteiger partial charge in [0, 0.05) is 51.8 Å². The van der Waals surface area contributed by atoms with E-state index in [9.17, 15) is 0 Å². The summed E-state index contributed by atoms with van der Waals surface area (Å²) in [6.07, 6.45) is 6.39. The van der Waals surface area contributed by atoms with Crippen LogP contribution in [0.2, 0.25) is 5.02 Å². The number of guanidine groups is 1. The molecule has 1 N–H and O–H groups in total. The van der Waals surface area contributed by atoms with Crippen LogP contribution < -0.4 is 10.2 Å². The standard InChI is InChI=1S/C20H29ClN6.HI/c1-4-22-20(26(3)15-18-11-17(21)14-25(18)2)24-13-16-7-8-19(23-12-16)27-9-5-6-10-27;/h7-8,11-12,14H,4-6,9-10,13,15H2,1-3H3,(H,22,24);1H. The Hall–Kier alpha value is -1.48. The molecular formula is C20H30ClIN6. The highest BCUT2D eigenvalue weighted by Gasteiger charge is 2.13. The van der Waals surface area contributed by atoms with Crippen molar-refractivity contribution in [2.45, 2.75) is 32.9 Å². The second kappa shape index (κ2) is 10.9. The second-order valence-electron chi connectivity index (χ2n) is 7.01. The van der Waals surface area contributed by atoms with Crippen molar-refractivity contribution in [2.24, 2.45) is 12.0 Å². The summed E-state index contributed by atoms with van der Waals surface area (Å²) in [6, 6.07) is 6.23. The quantitative estimate of drug-likeness (QED) is 0.360. The van der Waals surface area contributed by atoms with Crippen LogP contribution in [0.1, 0.15) is 31.0 Å². The molecule has 1 saturated heterocycles. The molecular weight excluding hydrogens is 487 g/mol. The molecule has 0 atom stereocenters. The summed E-state index contributed by atoms with van der Waals surface area (Å²) in [5, 5.41) is 4.12. The lowest BCUT2D eigenvalue weighted by Crippen LogP contribution is -2.38. The largest absolute Gasteiger partial charge is 0.357 e. The summed E-state index contributed by atoms with van der Waals surface area (Å²) in [7, 11) is 4.05. The fourth-order valence-electron chi connectivity index (χ4n) is 3.32. The molecule has 0 spiro atoms. The van der Waals surface area contributed by atoms with Crippen molar-refractivity contribution in [1.82, 2.24) is 19.8 Å². The number of aryl methyl sites for hydroxylation is 1. The Morgan fingerprint density at radius 1 is 1.32 bits per heavy atom. The normalized spacial score (nSPS) is 14.1. The average Bonchev–Trinajstić information content (AvgIpc) is 3.29. The van der Waals surface area contributed by atoms with Crippen molar-refractivity contribution < 1.29 is 0 Å². The van der Waals surface area contributed by atoms with Crippen LogP contribution in [0.25, 0.3) is 0 Å². The Balaban J connectivity index is 0.00000280. The molecule has 0 aromatic carbocycles. The maximum atomic E-state index is 6.10. The SMILES string of the molecule is CCNC(=NCc1ccc(N2CCCC2)nc1)N(C)Cc1cc(Cl)cn1C.I. The van der Waals surface area contributed by atoms with Crippen LogP contribution >= 0.6 is 35.6 Å². The van der Waals surface area contributed by atoms with E-state index in [4.69, 9.17) is 16.6 Å². The van der Waals surface area contributed by atoms with Crippen LogP contribution in [0, 0.1) is 0 Å². The Labute approximate surface area is 190 Å². The minimum absolute atomic E-state index is 0. The van der Waals surface area contributed by atoms with Crippen LogP contribution in [0.3, 0.4) is 0 Å². The van der Waals surface area contributed by atoms with Gasteiger partial charge in [0.1, 0.15) is 5.82 Å². The van der Waals surface area contributed by atoms with Gasteiger partial charge in [-0.05, 0) is 37.5 Å². The molecule has 1 aliphatic rings. The lowest BCUT2D eigenvalue weighted by molar-refractivity contribution is 0.462. The van der Waals surface area contributed by atoms with Gasteiger partial charge in [-0.2, -0.15) is 0 Å². The molecule has 2 aromatic heterocycles. The highest BCUT2D eigenvalue weighted by molar-refractivity contribution is 14.0. The van der Waals surface area contributed by atoms with Crippen LogP contribution in [-0.4, -0.2) is 47.1 Å². The van der Waals surface area contributed by atoms with Gasteiger partial charge in [0.25, 0.3) is 0 Å². The molecule has 28 heavy (non-hydrogen) atoms. The minimum Gasteiger partial charge on any atom is -0.357 e. The maximum absolute atomic E-state index is 6.10. The third kappa shape index (κ3) is 6.01. The maximum Gasteiger partial charge on any atom is 0.194 e. The van der Waals surface area contributed by atoms with Crippen molar-refractivity contribution in [3.63, 3.8) is 0 Å². The summed E-state index contributed by atoms with van der Waals surface area (Å²) >= 11 is 6.10. The summed E-state index contributed by atoms with van der Waals surface area (Å²) < 4.78 is 2.05. The molecule has 1 aliphatic heterocycles. The molecule has 0 bridgehead atoms. The molecule has 0 amide bonds. The number of rotatable bonds is 6. The predicted octanol–water partition coefficient (Wildman–Crippen LogP) is 3.89. The van der Waals surface area contributed by atoms with Crippen molar-refractivity contribution in [1.29, 1.82) is 0 Å². The van der Waals surface area contributed by atoms with E-state index in [-0.39, 0.29) is 24.0 Å². The monoisotopic (exact) mass is 516 g/mol. The first-order valence-corrected chi connectivity index (χ1v) is 9.94. The first-order chi connectivity index (χ1) is 13.1. The molecule has 6 nitrogen and oxygen atoms in total. The number of nitrogens with zero attached hydrogens (tertiary/aromatic N) is 5. The highest BCUT2D eigenvalue weighted by Crippen LogP contribution is 2.18. The van der Waals surface area contributed by atoms with Gasteiger partial charge < -0.3 is 19.7 Å². The van der Waals surface area contributed by atoms with Gasteiger partial charge in [-0.15, -0.1) is 24.0 Å². The van der Waals surface area contributed by atoms with Gasteiger partial charge in [0.15, 0.2) is 5.96 Å². The molecule has 1 fully saturated rings. The van der Waals surface area contributed by atoms with Gasteiger partial charge in [-0.1, -0.05) is 17.7 Å². The third-order valence-electron chi connectivity index (χ3n) is 4.82. The number of anilines is 1. The summed E-state index contributed by atoms with van der Waals surface area (Å²) in [6.45, 7) is 6.47. The lowest BCUT2D eigenvalue weighted by atomic mass is 10.3. The fourth-order valence-corrected chi connectivity index (χ4v) is 3.59. The van der Waals surface area contributed by atoms with E-state index in [2.05, 4.69) is 39.2 Å². The van der Waals surface area contributed by atoms with Gasteiger partial charge >= 0.3 is 0 Å². The summed E-state index contributed by atoms with van der Waals surface area (Å²) in [4.78, 5) is 13.9. The molecule has 3 heterocycles. The van der Waals surface area contributed by atoms with Crippen LogP contribution in [0.15, 0.2) is 35.6 Å². The van der Waals surface area contributed by atoms with Crippen LogP contribution in [0.5, 0.6) is 0 Å². The predicted molar refractivity (Wildman–Crippen MR) is 128 cm³/mol. The third-order valence-corrected chi connectivity index (χ3v) is 5.03. The first-order valence-electron chi connectivity index (χ1n) is 9.57. The zero-order valence-electron chi connectivity index (χ0n) is 16.9. The highest BCUT2D eigenvalue weighted by atomic mass is 127. The molecule has 3 rings (SSSR count). The zero-order chi connectivity index (χ0) is 19.2. The van der Waals surface area contributed by atoms with E-state index in [0.717, 1.165) is 54.2 Å². The van der Waals surface area contributed by atoms with Crippen molar-refractivity contribution in [2.75, 3.05) is 31.6 Å².